The van der Waals surface area contributed by atoms with Gasteiger partial charge in [0.25, 0.3) is 0 Å². The molecule has 1 nitrogen and oxygen atoms in total. The highest BCUT2D eigenvalue weighted by Crippen LogP contribution is 2.33. The number of hydrogen-bond acceptors (Lipinski definition) is 1. The van der Waals surface area contributed by atoms with Crippen molar-refractivity contribution in [2.75, 3.05) is 0 Å². The minimum atomic E-state index is 0.844. The van der Waals surface area contributed by atoms with Crippen LogP contribution in [0.4, 0.5) is 0 Å². The first-order chi connectivity index (χ1) is 11.4. The molecule has 24 heavy (non-hydrogen) atoms. The fourth-order valence-electron chi connectivity index (χ4n) is 4.23. The molecular weight excluding hydrogens is 290 g/mol. The summed E-state index contributed by atoms with van der Waals surface area (Å²) in [7, 11) is 0. The van der Waals surface area contributed by atoms with Crippen LogP contribution in [0, 0.1) is 31.6 Å². The van der Waals surface area contributed by atoms with Gasteiger partial charge in [0, 0.05) is 11.4 Å². The molecule has 0 saturated heterocycles. The van der Waals surface area contributed by atoms with Crippen molar-refractivity contribution in [3.05, 3.63) is 35.7 Å². The number of aromatic nitrogens is 1. The van der Waals surface area contributed by atoms with Crippen molar-refractivity contribution in [1.82, 2.24) is 4.98 Å². The van der Waals surface area contributed by atoms with E-state index >= 15 is 0 Å². The van der Waals surface area contributed by atoms with Crippen molar-refractivity contribution in [1.29, 1.82) is 0 Å². The Morgan fingerprint density at radius 3 is 2.25 bits per heavy atom. The summed E-state index contributed by atoms with van der Waals surface area (Å²) in [5.41, 5.74) is 4.72. The Labute approximate surface area is 151 Å². The first-order valence-corrected chi connectivity index (χ1v) is 10.1. The quantitative estimate of drug-likeness (QED) is 0.413. The number of allylic oxidation sites excluding steroid dienone is 1. The normalized spacial score (nSPS) is 14.0. The summed E-state index contributed by atoms with van der Waals surface area (Å²) < 4.78 is 0. The van der Waals surface area contributed by atoms with Gasteiger partial charge in [-0.1, -0.05) is 66.0 Å². The van der Waals surface area contributed by atoms with Crippen LogP contribution >= 0.6 is 0 Å². The molecule has 0 fully saturated rings. The summed E-state index contributed by atoms with van der Waals surface area (Å²) in [5, 5.41) is 0. The van der Waals surface area contributed by atoms with Crippen LogP contribution in [0.3, 0.4) is 0 Å². The maximum atomic E-state index is 4.58. The van der Waals surface area contributed by atoms with Crippen LogP contribution in [-0.4, -0.2) is 4.98 Å². The Bertz CT molecular complexity index is 499. The smallest absolute Gasteiger partial charge is 0.0450 e. The number of nitrogens with zero attached hydrogens (tertiary/aromatic N) is 1. The average molecular weight is 330 g/mol. The molecule has 0 saturated carbocycles. The van der Waals surface area contributed by atoms with E-state index in [2.05, 4.69) is 58.3 Å². The van der Waals surface area contributed by atoms with Gasteiger partial charge < -0.3 is 0 Å². The molecule has 1 rings (SSSR count). The molecule has 0 amide bonds. The summed E-state index contributed by atoms with van der Waals surface area (Å²) in [6.07, 6.45) is 9.00. The summed E-state index contributed by atoms with van der Waals surface area (Å²) in [6.45, 7) is 18.0. The van der Waals surface area contributed by atoms with Crippen LogP contribution in [-0.2, 0) is 0 Å². The third-order valence-electron chi connectivity index (χ3n) is 5.85. The van der Waals surface area contributed by atoms with Gasteiger partial charge in [-0.25, -0.2) is 0 Å². The fourth-order valence-corrected chi connectivity index (χ4v) is 4.23. The molecular formula is C23H39N. The van der Waals surface area contributed by atoms with E-state index in [9.17, 15) is 0 Å². The zero-order valence-corrected chi connectivity index (χ0v) is 17.0. The van der Waals surface area contributed by atoms with Gasteiger partial charge in [0.15, 0.2) is 0 Å². The van der Waals surface area contributed by atoms with E-state index in [-0.39, 0.29) is 0 Å². The lowest BCUT2D eigenvalue weighted by atomic mass is 9.76. The number of pyridine rings is 1. The number of rotatable bonds is 11. The van der Waals surface area contributed by atoms with Gasteiger partial charge in [0.05, 0.1) is 0 Å². The van der Waals surface area contributed by atoms with Crippen molar-refractivity contribution in [3.63, 3.8) is 0 Å². The lowest BCUT2D eigenvalue weighted by Crippen LogP contribution is -2.20. The largest absolute Gasteiger partial charge is 0.258 e. The molecule has 0 aliphatic heterocycles. The zero-order chi connectivity index (χ0) is 18.1. The van der Waals surface area contributed by atoms with Gasteiger partial charge in [-0.2, -0.15) is 0 Å². The van der Waals surface area contributed by atoms with E-state index < -0.39 is 0 Å². The van der Waals surface area contributed by atoms with Crippen molar-refractivity contribution in [3.8, 4) is 0 Å². The second-order valence-electron chi connectivity index (χ2n) is 7.57. The Morgan fingerprint density at radius 2 is 1.71 bits per heavy atom. The lowest BCUT2D eigenvalue weighted by Gasteiger charge is -2.30. The first kappa shape index (κ1) is 20.9. The lowest BCUT2D eigenvalue weighted by molar-refractivity contribution is 0.208. The minimum Gasteiger partial charge on any atom is -0.258 e. The Morgan fingerprint density at radius 1 is 1.04 bits per heavy atom. The Kier molecular flexibility index (Phi) is 9.33. The summed E-state index contributed by atoms with van der Waals surface area (Å²) in [5.74, 6) is 2.59. The third-order valence-corrected chi connectivity index (χ3v) is 5.85. The summed E-state index contributed by atoms with van der Waals surface area (Å²) >= 11 is 0. The van der Waals surface area contributed by atoms with Gasteiger partial charge in [0.2, 0.25) is 0 Å². The summed E-state index contributed by atoms with van der Waals surface area (Å²) in [4.78, 5) is 4.58. The van der Waals surface area contributed by atoms with E-state index in [4.69, 9.17) is 0 Å². The van der Waals surface area contributed by atoms with Crippen molar-refractivity contribution >= 4 is 5.57 Å². The SMILES string of the molecule is C=C(CCCC(CCC)C(C)C(CC)CC)c1ccc(C)nc1C. The average Bonchev–Trinajstić information content (AvgIpc) is 2.54. The van der Waals surface area contributed by atoms with Gasteiger partial charge in [-0.05, 0) is 68.1 Å². The summed E-state index contributed by atoms with van der Waals surface area (Å²) in [6, 6.07) is 4.29. The maximum absolute atomic E-state index is 4.58. The molecule has 2 atom stereocenters. The molecule has 2 unspecified atom stereocenters. The molecule has 1 heterocycles. The molecule has 136 valence electrons. The molecule has 0 bridgehead atoms. The minimum absolute atomic E-state index is 0.844. The highest BCUT2D eigenvalue weighted by molar-refractivity contribution is 5.64. The van der Waals surface area contributed by atoms with E-state index in [1.807, 2.05) is 6.92 Å². The van der Waals surface area contributed by atoms with Gasteiger partial charge >= 0.3 is 0 Å². The van der Waals surface area contributed by atoms with Crippen LogP contribution in [0.25, 0.3) is 5.57 Å². The zero-order valence-electron chi connectivity index (χ0n) is 17.0. The highest BCUT2D eigenvalue weighted by atomic mass is 14.7. The third kappa shape index (κ3) is 6.07. The van der Waals surface area contributed by atoms with Gasteiger partial charge in [-0.3, -0.25) is 4.98 Å². The molecule has 0 spiro atoms. The fraction of sp³-hybridized carbons (Fsp3) is 0.696. The molecule has 0 aliphatic carbocycles. The monoisotopic (exact) mass is 329 g/mol. The second-order valence-corrected chi connectivity index (χ2v) is 7.57. The molecule has 0 N–H and O–H groups in total. The predicted molar refractivity (Wildman–Crippen MR) is 108 cm³/mol. The van der Waals surface area contributed by atoms with E-state index in [0.29, 0.717) is 0 Å². The van der Waals surface area contributed by atoms with Crippen LogP contribution in [0.1, 0.15) is 89.6 Å². The van der Waals surface area contributed by atoms with Crippen LogP contribution < -0.4 is 0 Å². The Balaban J connectivity index is 2.59. The topological polar surface area (TPSA) is 12.9 Å². The number of aryl methyl sites for hydroxylation is 2. The van der Waals surface area contributed by atoms with Gasteiger partial charge in [-0.15, -0.1) is 0 Å². The Hall–Kier alpha value is -1.11. The van der Waals surface area contributed by atoms with E-state index in [1.165, 1.54) is 49.7 Å². The van der Waals surface area contributed by atoms with E-state index in [0.717, 1.165) is 35.6 Å². The first-order valence-electron chi connectivity index (χ1n) is 10.1. The molecule has 0 aliphatic rings. The van der Waals surface area contributed by atoms with Gasteiger partial charge in [0.1, 0.15) is 0 Å². The predicted octanol–water partition coefficient (Wildman–Crippen LogP) is 7.37. The molecule has 1 heteroatoms. The second kappa shape index (κ2) is 10.7. The van der Waals surface area contributed by atoms with Crippen LogP contribution in [0.2, 0.25) is 0 Å². The van der Waals surface area contributed by atoms with Crippen LogP contribution in [0.5, 0.6) is 0 Å². The maximum Gasteiger partial charge on any atom is 0.0450 e. The molecule has 1 aromatic heterocycles. The molecule has 1 aromatic rings. The molecule has 0 radical (unpaired) electrons. The standard InChI is InChI=1S/C23H39N/c1-8-12-22(19(6)21(9-2)10-3)14-11-13-17(4)23-16-15-18(5)24-20(23)7/h15-16,19,21-22H,4,8-14H2,1-3,5-7H3. The number of hydrogen-bond donors (Lipinski definition) is 0. The highest BCUT2D eigenvalue weighted by Gasteiger charge is 2.22. The molecule has 0 aromatic carbocycles. The van der Waals surface area contributed by atoms with Crippen molar-refractivity contribution < 1.29 is 0 Å². The van der Waals surface area contributed by atoms with E-state index in [1.54, 1.807) is 0 Å². The van der Waals surface area contributed by atoms with Crippen LogP contribution in [0.15, 0.2) is 18.7 Å². The van der Waals surface area contributed by atoms with Crippen molar-refractivity contribution in [2.45, 2.75) is 86.5 Å². The van der Waals surface area contributed by atoms with Crippen molar-refractivity contribution in [2.24, 2.45) is 17.8 Å².